The Morgan fingerprint density at radius 1 is 1.17 bits per heavy atom. The van der Waals surface area contributed by atoms with Crippen molar-refractivity contribution in [2.45, 2.75) is 37.5 Å². The molecule has 0 bridgehead atoms. The maximum atomic E-state index is 15.6. The van der Waals surface area contributed by atoms with Crippen molar-refractivity contribution >= 4 is 10.9 Å². The molecule has 0 saturated carbocycles. The molecule has 0 aliphatic carbocycles. The molecule has 36 heavy (non-hydrogen) atoms. The van der Waals surface area contributed by atoms with Crippen LogP contribution in [0.1, 0.15) is 36.2 Å². The minimum absolute atomic E-state index is 0.00925. The summed E-state index contributed by atoms with van der Waals surface area (Å²) < 4.78 is 69.3. The van der Waals surface area contributed by atoms with E-state index in [0.717, 1.165) is 16.5 Å². The first-order valence-corrected chi connectivity index (χ1v) is 12.4. The van der Waals surface area contributed by atoms with Gasteiger partial charge in [0.15, 0.2) is 5.67 Å². The number of nitrogens with zero attached hydrogens (tertiary/aromatic N) is 1. The minimum atomic E-state index is -1.55. The van der Waals surface area contributed by atoms with Crippen molar-refractivity contribution in [2.75, 3.05) is 46.1 Å². The Morgan fingerprint density at radius 2 is 1.92 bits per heavy atom. The number of benzene rings is 2. The number of para-hydroxylation sites is 1. The highest BCUT2D eigenvalue weighted by atomic mass is 19.1. The van der Waals surface area contributed by atoms with Crippen molar-refractivity contribution in [1.29, 1.82) is 0 Å². The number of halogens is 4. The summed E-state index contributed by atoms with van der Waals surface area (Å²) in [5.74, 6) is -1.42. The Labute approximate surface area is 207 Å². The van der Waals surface area contributed by atoms with E-state index in [4.69, 9.17) is 9.47 Å². The minimum Gasteiger partial charge on any atom is -0.492 e. The van der Waals surface area contributed by atoms with Crippen molar-refractivity contribution in [3.05, 3.63) is 64.9 Å². The summed E-state index contributed by atoms with van der Waals surface area (Å²) >= 11 is 0. The van der Waals surface area contributed by atoms with E-state index in [2.05, 4.69) is 10.3 Å². The molecule has 2 aliphatic heterocycles. The van der Waals surface area contributed by atoms with E-state index >= 15 is 13.2 Å². The Balaban J connectivity index is 1.48. The lowest BCUT2D eigenvalue weighted by Crippen LogP contribution is -2.57. The molecule has 3 aromatic rings. The number of rotatable bonds is 10. The van der Waals surface area contributed by atoms with E-state index in [1.54, 1.807) is 0 Å². The van der Waals surface area contributed by atoms with Crippen LogP contribution >= 0.6 is 0 Å². The fraction of sp³-hybridized carbons (Fsp3) is 0.481. The van der Waals surface area contributed by atoms with Crippen molar-refractivity contribution in [3.63, 3.8) is 0 Å². The van der Waals surface area contributed by atoms with Gasteiger partial charge in [-0.25, -0.2) is 13.2 Å². The number of fused-ring (bicyclic) bond motifs is 3. The quantitative estimate of drug-likeness (QED) is 0.306. The van der Waals surface area contributed by atoms with Crippen LogP contribution in [0.2, 0.25) is 0 Å². The second-order valence-corrected chi connectivity index (χ2v) is 9.78. The number of ether oxygens (including phenoxy) is 2. The summed E-state index contributed by atoms with van der Waals surface area (Å²) in [5.41, 5.74) is 0.870. The molecule has 5 nitrogen and oxygen atoms in total. The number of hydrogen-bond acceptors (Lipinski definition) is 4. The first kappa shape index (κ1) is 25.0. The number of H-pyrrole nitrogens is 1. The van der Waals surface area contributed by atoms with Gasteiger partial charge in [-0.2, -0.15) is 0 Å². The van der Waals surface area contributed by atoms with Crippen LogP contribution in [0.15, 0.2) is 36.4 Å². The Morgan fingerprint density at radius 3 is 2.61 bits per heavy atom. The highest BCUT2D eigenvalue weighted by Crippen LogP contribution is 2.44. The second-order valence-electron chi connectivity index (χ2n) is 9.78. The molecule has 0 unspecified atom stereocenters. The Kier molecular flexibility index (Phi) is 7.23. The fourth-order valence-electron chi connectivity index (χ4n) is 5.27. The summed E-state index contributed by atoms with van der Waals surface area (Å²) in [6, 6.07) is 9.13. The lowest BCUT2D eigenvalue weighted by molar-refractivity contribution is -0.148. The van der Waals surface area contributed by atoms with Gasteiger partial charge in [-0.15, -0.1) is 0 Å². The number of alkyl halides is 2. The van der Waals surface area contributed by atoms with Gasteiger partial charge < -0.3 is 19.8 Å². The largest absolute Gasteiger partial charge is 0.492 e. The summed E-state index contributed by atoms with van der Waals surface area (Å²) in [6.07, 6.45) is 1.03. The molecule has 3 heterocycles. The van der Waals surface area contributed by atoms with Crippen molar-refractivity contribution < 1.29 is 27.0 Å². The Hall–Kier alpha value is -2.62. The van der Waals surface area contributed by atoms with E-state index < -0.39 is 30.0 Å². The van der Waals surface area contributed by atoms with Gasteiger partial charge in [0, 0.05) is 53.4 Å². The molecule has 5 rings (SSSR count). The maximum Gasteiger partial charge on any atom is 0.169 e. The SMILES string of the molecule is C[C@@H]1Cc2c([nH]c3ccccc23)[C@@H](c2c(F)cc(OCCNCCCF)cc2F)N1CC1(F)COC1. The average molecular weight is 506 g/mol. The van der Waals surface area contributed by atoms with E-state index in [-0.39, 0.29) is 43.7 Å². The van der Waals surface area contributed by atoms with Gasteiger partial charge in [-0.05, 0) is 37.9 Å². The van der Waals surface area contributed by atoms with Crippen molar-refractivity contribution in [2.24, 2.45) is 0 Å². The average Bonchev–Trinajstić information content (AvgIpc) is 3.19. The molecule has 1 fully saturated rings. The molecular formula is C27H31F4N3O2. The molecule has 2 aromatic carbocycles. The van der Waals surface area contributed by atoms with E-state index in [0.29, 0.717) is 31.6 Å². The number of hydrogen-bond donors (Lipinski definition) is 2. The van der Waals surface area contributed by atoms with Crippen LogP contribution in [-0.4, -0.2) is 67.7 Å². The number of aromatic amines is 1. The first-order valence-electron chi connectivity index (χ1n) is 12.4. The smallest absolute Gasteiger partial charge is 0.169 e. The highest BCUT2D eigenvalue weighted by Gasteiger charge is 2.46. The zero-order chi connectivity index (χ0) is 25.3. The molecule has 9 heteroatoms. The number of aromatic nitrogens is 1. The molecule has 2 atom stereocenters. The van der Waals surface area contributed by atoms with Crippen molar-refractivity contribution in [1.82, 2.24) is 15.2 Å². The van der Waals surface area contributed by atoms with Crippen LogP contribution in [0.3, 0.4) is 0 Å². The summed E-state index contributed by atoms with van der Waals surface area (Å²) in [5, 5.41) is 4.01. The third kappa shape index (κ3) is 4.84. The van der Waals surface area contributed by atoms with Gasteiger partial charge in [0.25, 0.3) is 0 Å². The van der Waals surface area contributed by atoms with Gasteiger partial charge >= 0.3 is 0 Å². The van der Waals surface area contributed by atoms with Crippen LogP contribution in [0.25, 0.3) is 10.9 Å². The third-order valence-electron chi connectivity index (χ3n) is 7.07. The van der Waals surface area contributed by atoms with E-state index in [9.17, 15) is 4.39 Å². The predicted molar refractivity (Wildman–Crippen MR) is 130 cm³/mol. The molecule has 2 aliphatic rings. The van der Waals surface area contributed by atoms with Crippen LogP contribution in [0.5, 0.6) is 5.75 Å². The monoisotopic (exact) mass is 505 g/mol. The van der Waals surface area contributed by atoms with Gasteiger partial charge in [-0.3, -0.25) is 9.29 Å². The molecular weight excluding hydrogens is 474 g/mol. The van der Waals surface area contributed by atoms with E-state index in [1.165, 1.54) is 12.1 Å². The highest BCUT2D eigenvalue weighted by molar-refractivity contribution is 5.85. The second kappa shape index (κ2) is 10.4. The molecule has 0 amide bonds. The first-order chi connectivity index (χ1) is 17.4. The Bertz CT molecular complexity index is 1190. The lowest BCUT2D eigenvalue weighted by Gasteiger charge is -2.46. The van der Waals surface area contributed by atoms with Crippen LogP contribution in [0, 0.1) is 11.6 Å². The fourth-order valence-corrected chi connectivity index (χ4v) is 5.27. The topological polar surface area (TPSA) is 49.5 Å². The van der Waals surface area contributed by atoms with Gasteiger partial charge in [-0.1, -0.05) is 18.2 Å². The van der Waals surface area contributed by atoms with Gasteiger partial charge in [0.05, 0.1) is 25.9 Å². The van der Waals surface area contributed by atoms with Crippen LogP contribution in [-0.2, 0) is 11.2 Å². The van der Waals surface area contributed by atoms with E-state index in [1.807, 2.05) is 36.1 Å². The molecule has 1 aromatic heterocycles. The summed E-state index contributed by atoms with van der Waals surface area (Å²) in [6.45, 7) is 2.63. The molecule has 0 spiro atoms. The lowest BCUT2D eigenvalue weighted by atomic mass is 9.86. The molecule has 2 N–H and O–H groups in total. The zero-order valence-corrected chi connectivity index (χ0v) is 20.3. The molecule has 194 valence electrons. The normalized spacial score (nSPS) is 21.4. The predicted octanol–water partition coefficient (Wildman–Crippen LogP) is 4.85. The van der Waals surface area contributed by atoms with Crippen LogP contribution < -0.4 is 10.1 Å². The molecule has 1 saturated heterocycles. The van der Waals surface area contributed by atoms with Gasteiger partial charge in [0.1, 0.15) is 24.0 Å². The maximum absolute atomic E-state index is 15.6. The van der Waals surface area contributed by atoms with Crippen molar-refractivity contribution in [3.8, 4) is 5.75 Å². The number of nitrogens with one attached hydrogen (secondary N) is 2. The summed E-state index contributed by atoms with van der Waals surface area (Å²) in [4.78, 5) is 5.21. The van der Waals surface area contributed by atoms with Gasteiger partial charge in [0.2, 0.25) is 0 Å². The van der Waals surface area contributed by atoms with Crippen LogP contribution in [0.4, 0.5) is 17.6 Å². The summed E-state index contributed by atoms with van der Waals surface area (Å²) in [7, 11) is 0. The standard InChI is InChI=1S/C27H31F4N3O2/c1-17-11-20-19-5-2-3-6-23(19)33-25(20)26(34(17)14-27(31)15-35-16-27)24-21(29)12-18(13-22(24)30)36-10-9-32-8-4-7-28/h2-3,5-6,12-13,17,26,32-33H,4,7-11,14-16H2,1H3/t17-,26-/m1/s1. The third-order valence-corrected chi connectivity index (χ3v) is 7.07. The molecule has 0 radical (unpaired) electrons. The zero-order valence-electron chi connectivity index (χ0n) is 20.3.